The lowest BCUT2D eigenvalue weighted by Gasteiger charge is -2.08. The molecule has 1 aliphatic rings. The summed E-state index contributed by atoms with van der Waals surface area (Å²) in [6.07, 6.45) is 3.43. The van der Waals surface area contributed by atoms with Crippen LogP contribution in [0.25, 0.3) is 11.8 Å². The molecule has 1 fully saturated rings. The molecule has 3 rings (SSSR count). The van der Waals surface area contributed by atoms with Crippen LogP contribution in [0.2, 0.25) is 0 Å². The second-order valence-corrected chi connectivity index (χ2v) is 6.85. The molecule has 1 saturated heterocycles. The number of carbonyl (C=O) groups is 3. The lowest BCUT2D eigenvalue weighted by molar-refractivity contribution is -0.140. The van der Waals surface area contributed by atoms with E-state index in [-0.39, 0.29) is 4.91 Å². The van der Waals surface area contributed by atoms with E-state index in [0.29, 0.717) is 5.69 Å². The predicted molar refractivity (Wildman–Crippen MR) is 93.8 cm³/mol. The zero-order chi connectivity index (χ0) is 17.3. The molecule has 1 N–H and O–H groups in total. The Balaban J connectivity index is 1.93. The molecule has 2 aromatic rings. The first-order valence-corrected chi connectivity index (χ1v) is 8.47. The number of amides is 2. The summed E-state index contributed by atoms with van der Waals surface area (Å²) in [5, 5.41) is 8.21. The van der Waals surface area contributed by atoms with E-state index in [0.717, 1.165) is 26.8 Å². The molecule has 2 heterocycles. The van der Waals surface area contributed by atoms with Gasteiger partial charge < -0.3 is 9.67 Å². The van der Waals surface area contributed by atoms with Crippen LogP contribution in [0.3, 0.4) is 0 Å². The Kier molecular flexibility index (Phi) is 4.59. The van der Waals surface area contributed by atoms with Gasteiger partial charge in [-0.25, -0.2) is 0 Å². The number of halogens is 1. The molecule has 0 spiro atoms. The number of carboxylic acid groups (broad SMARTS) is 1. The van der Waals surface area contributed by atoms with Crippen molar-refractivity contribution in [1.82, 2.24) is 9.47 Å². The highest BCUT2D eigenvalue weighted by atomic mass is 79.9. The monoisotopic (exact) mass is 406 g/mol. The maximum atomic E-state index is 12.2. The second-order valence-electron chi connectivity index (χ2n) is 4.94. The van der Waals surface area contributed by atoms with Crippen LogP contribution < -0.4 is 0 Å². The number of carbonyl (C=O) groups excluding carboxylic acids is 2. The van der Waals surface area contributed by atoms with Crippen molar-refractivity contribution < 1.29 is 19.5 Å². The fraction of sp³-hybridized carbons (Fsp3) is 0.0625. The summed E-state index contributed by atoms with van der Waals surface area (Å²) >= 11 is 4.16. The predicted octanol–water partition coefficient (Wildman–Crippen LogP) is 3.36. The van der Waals surface area contributed by atoms with E-state index in [2.05, 4.69) is 15.9 Å². The van der Waals surface area contributed by atoms with Crippen LogP contribution in [0.1, 0.15) is 5.69 Å². The van der Waals surface area contributed by atoms with Gasteiger partial charge in [0.1, 0.15) is 6.54 Å². The van der Waals surface area contributed by atoms with Crippen molar-refractivity contribution in [1.29, 1.82) is 0 Å². The lowest BCUT2D eigenvalue weighted by Crippen LogP contribution is -2.33. The normalized spacial score (nSPS) is 16.2. The summed E-state index contributed by atoms with van der Waals surface area (Å²) < 4.78 is 2.79. The highest BCUT2D eigenvalue weighted by molar-refractivity contribution is 9.10. The number of thioether (sulfide) groups is 1. The van der Waals surface area contributed by atoms with Gasteiger partial charge in [-0.15, -0.1) is 0 Å². The Morgan fingerprint density at radius 2 is 2.04 bits per heavy atom. The Hall–Kier alpha value is -2.32. The van der Waals surface area contributed by atoms with Crippen LogP contribution in [0, 0.1) is 0 Å². The third kappa shape index (κ3) is 3.29. The summed E-state index contributed by atoms with van der Waals surface area (Å²) in [6, 6.07) is 11.3. The third-order valence-corrected chi connectivity index (χ3v) is 4.71. The molecule has 8 heteroatoms. The van der Waals surface area contributed by atoms with E-state index in [1.807, 2.05) is 47.2 Å². The zero-order valence-electron chi connectivity index (χ0n) is 12.2. The minimum Gasteiger partial charge on any atom is -0.480 e. The van der Waals surface area contributed by atoms with Crippen LogP contribution in [-0.4, -0.2) is 38.2 Å². The van der Waals surface area contributed by atoms with Gasteiger partial charge in [-0.1, -0.05) is 22.0 Å². The molecule has 2 amide bonds. The molecule has 0 radical (unpaired) electrons. The molecule has 0 atom stereocenters. The number of nitrogens with zero attached hydrogens (tertiary/aromatic N) is 2. The SMILES string of the molecule is O=C(O)CN1C(=O)SC(=Cc2cccn2-c2cccc(Br)c2)C1=O. The second kappa shape index (κ2) is 6.66. The maximum Gasteiger partial charge on any atom is 0.323 e. The van der Waals surface area contributed by atoms with Crippen molar-refractivity contribution >= 4 is 50.9 Å². The molecule has 24 heavy (non-hydrogen) atoms. The minimum atomic E-state index is -1.23. The van der Waals surface area contributed by atoms with Crippen molar-refractivity contribution in [3.05, 3.63) is 57.7 Å². The number of benzene rings is 1. The van der Waals surface area contributed by atoms with Crippen molar-refractivity contribution in [3.8, 4) is 5.69 Å². The largest absolute Gasteiger partial charge is 0.480 e. The van der Waals surface area contributed by atoms with Gasteiger partial charge in [-0.05, 0) is 48.2 Å². The average molecular weight is 407 g/mol. The molecule has 1 aliphatic heterocycles. The average Bonchev–Trinajstić information content (AvgIpc) is 3.08. The van der Waals surface area contributed by atoms with E-state index < -0.39 is 23.7 Å². The van der Waals surface area contributed by atoms with Gasteiger partial charge in [0, 0.05) is 22.1 Å². The molecule has 0 aliphatic carbocycles. The van der Waals surface area contributed by atoms with Crippen molar-refractivity contribution in [2.75, 3.05) is 6.54 Å². The molecule has 0 bridgehead atoms. The number of aromatic nitrogens is 1. The van der Waals surface area contributed by atoms with Crippen LogP contribution in [-0.2, 0) is 9.59 Å². The molecule has 1 aromatic carbocycles. The smallest absolute Gasteiger partial charge is 0.323 e. The first-order chi connectivity index (χ1) is 11.5. The van der Waals surface area contributed by atoms with Crippen LogP contribution >= 0.6 is 27.7 Å². The number of hydrogen-bond acceptors (Lipinski definition) is 4. The van der Waals surface area contributed by atoms with Gasteiger partial charge in [-0.2, -0.15) is 0 Å². The number of imide groups is 1. The van der Waals surface area contributed by atoms with Crippen molar-refractivity contribution in [2.24, 2.45) is 0 Å². The lowest BCUT2D eigenvalue weighted by atomic mass is 10.3. The summed E-state index contributed by atoms with van der Waals surface area (Å²) in [6.45, 7) is -0.630. The van der Waals surface area contributed by atoms with Gasteiger partial charge in [-0.3, -0.25) is 19.3 Å². The quantitative estimate of drug-likeness (QED) is 0.787. The molecule has 0 saturated carbocycles. The van der Waals surface area contributed by atoms with Crippen molar-refractivity contribution in [2.45, 2.75) is 0 Å². The fourth-order valence-electron chi connectivity index (χ4n) is 2.28. The topological polar surface area (TPSA) is 79.6 Å². The van der Waals surface area contributed by atoms with Crippen LogP contribution in [0.5, 0.6) is 0 Å². The first-order valence-electron chi connectivity index (χ1n) is 6.86. The van der Waals surface area contributed by atoms with Crippen LogP contribution in [0.15, 0.2) is 52.0 Å². The summed E-state index contributed by atoms with van der Waals surface area (Å²) in [7, 11) is 0. The van der Waals surface area contributed by atoms with E-state index in [1.165, 1.54) is 0 Å². The summed E-state index contributed by atoms with van der Waals surface area (Å²) in [5.74, 6) is -1.81. The molecule has 1 aromatic heterocycles. The summed E-state index contributed by atoms with van der Waals surface area (Å²) in [5.41, 5.74) is 1.61. The molecular formula is C16H11BrN2O4S. The number of aliphatic carboxylic acids is 1. The van der Waals surface area contributed by atoms with E-state index in [9.17, 15) is 14.4 Å². The summed E-state index contributed by atoms with van der Waals surface area (Å²) in [4.78, 5) is 35.7. The zero-order valence-corrected chi connectivity index (χ0v) is 14.6. The van der Waals surface area contributed by atoms with Gasteiger partial charge in [0.15, 0.2) is 0 Å². The number of rotatable bonds is 4. The maximum absolute atomic E-state index is 12.2. The molecule has 0 unspecified atom stereocenters. The van der Waals surface area contributed by atoms with E-state index in [1.54, 1.807) is 6.08 Å². The first kappa shape index (κ1) is 16.5. The van der Waals surface area contributed by atoms with Gasteiger partial charge in [0.05, 0.1) is 4.91 Å². The Labute approximate surface area is 149 Å². The Morgan fingerprint density at radius 3 is 2.75 bits per heavy atom. The van der Waals surface area contributed by atoms with Crippen molar-refractivity contribution in [3.63, 3.8) is 0 Å². The Bertz CT molecular complexity index is 874. The highest BCUT2D eigenvalue weighted by Gasteiger charge is 2.36. The number of carboxylic acids is 1. The number of hydrogen-bond donors (Lipinski definition) is 1. The molecule has 122 valence electrons. The Morgan fingerprint density at radius 1 is 1.25 bits per heavy atom. The van der Waals surface area contributed by atoms with Gasteiger partial charge in [0.2, 0.25) is 0 Å². The molecular weight excluding hydrogens is 396 g/mol. The van der Waals surface area contributed by atoms with Gasteiger partial charge in [0.25, 0.3) is 11.1 Å². The van der Waals surface area contributed by atoms with Crippen LogP contribution in [0.4, 0.5) is 4.79 Å². The molecule has 6 nitrogen and oxygen atoms in total. The van der Waals surface area contributed by atoms with E-state index in [4.69, 9.17) is 5.11 Å². The van der Waals surface area contributed by atoms with E-state index >= 15 is 0 Å². The van der Waals surface area contributed by atoms with Gasteiger partial charge >= 0.3 is 5.97 Å². The third-order valence-electron chi connectivity index (χ3n) is 3.31. The standard InChI is InChI=1S/C16H11BrN2O4S/c17-10-3-1-4-11(7-10)18-6-2-5-12(18)8-13-15(22)19(9-14(20)21)16(23)24-13/h1-8H,9H2,(H,20,21). The minimum absolute atomic E-state index is 0.205. The fourth-order valence-corrected chi connectivity index (χ4v) is 3.49. The highest BCUT2D eigenvalue weighted by Crippen LogP contribution is 2.32.